The van der Waals surface area contributed by atoms with Crippen LogP contribution < -0.4 is 5.32 Å². The van der Waals surface area contributed by atoms with Gasteiger partial charge in [-0.15, -0.1) is 0 Å². The van der Waals surface area contributed by atoms with Crippen LogP contribution in [0.2, 0.25) is 0 Å². The zero-order valence-electron chi connectivity index (χ0n) is 9.19. The Hall–Kier alpha value is -2.50. The van der Waals surface area contributed by atoms with Crippen molar-refractivity contribution in [1.29, 1.82) is 10.8 Å². The van der Waals surface area contributed by atoms with Gasteiger partial charge in [0, 0.05) is 24.9 Å². The predicted octanol–water partition coefficient (Wildman–Crippen LogP) is 1.31. The zero-order valence-corrected chi connectivity index (χ0v) is 9.19. The number of imidazole rings is 1. The molecule has 1 amide bonds. The summed E-state index contributed by atoms with van der Waals surface area (Å²) in [5.41, 5.74) is 1.43. The molecule has 2 aromatic rings. The molecule has 0 aliphatic rings. The fourth-order valence-corrected chi connectivity index (χ4v) is 1.48. The Balaban J connectivity index is 2.44. The van der Waals surface area contributed by atoms with E-state index < -0.39 is 0 Å². The second-order valence-electron chi connectivity index (χ2n) is 3.55. The van der Waals surface area contributed by atoms with E-state index in [9.17, 15) is 4.79 Å². The molecular formula is C11H11N5O. The largest absolute Gasteiger partial charge is 0.310 e. The molecule has 0 saturated heterocycles. The number of nitrogens with zero attached hydrogens (tertiary/aromatic N) is 2. The number of carbonyl (C=O) groups is 1. The van der Waals surface area contributed by atoms with E-state index in [4.69, 9.17) is 10.8 Å². The molecule has 0 aliphatic carbocycles. The summed E-state index contributed by atoms with van der Waals surface area (Å²) < 4.78 is 1.71. The fourth-order valence-electron chi connectivity index (χ4n) is 1.48. The third kappa shape index (κ3) is 2.20. The summed E-state index contributed by atoms with van der Waals surface area (Å²) in [6.45, 7) is 1.42. The van der Waals surface area contributed by atoms with Gasteiger partial charge in [-0.3, -0.25) is 10.2 Å². The highest BCUT2D eigenvalue weighted by molar-refractivity contribution is 6.35. The van der Waals surface area contributed by atoms with Crippen LogP contribution >= 0.6 is 0 Å². The molecule has 0 aliphatic heterocycles. The van der Waals surface area contributed by atoms with Crippen molar-refractivity contribution in [3.63, 3.8) is 0 Å². The number of hydrogen-bond donors (Lipinski definition) is 3. The maximum absolute atomic E-state index is 10.9. The quantitative estimate of drug-likeness (QED) is 0.692. The lowest BCUT2D eigenvalue weighted by molar-refractivity contribution is -0.114. The Morgan fingerprint density at radius 2 is 2.24 bits per heavy atom. The van der Waals surface area contributed by atoms with Crippen molar-refractivity contribution in [2.24, 2.45) is 0 Å². The highest BCUT2D eigenvalue weighted by Gasteiger charge is 2.04. The molecule has 0 fully saturated rings. The lowest BCUT2D eigenvalue weighted by Gasteiger charge is -1.98. The second-order valence-corrected chi connectivity index (χ2v) is 3.55. The summed E-state index contributed by atoms with van der Waals surface area (Å²) in [5, 5.41) is 17.1. The molecule has 17 heavy (non-hydrogen) atoms. The van der Waals surface area contributed by atoms with Crippen LogP contribution in [0.4, 0.5) is 5.82 Å². The first-order chi connectivity index (χ1) is 8.10. The lowest BCUT2D eigenvalue weighted by atomic mass is 10.2. The van der Waals surface area contributed by atoms with Crippen molar-refractivity contribution < 1.29 is 4.79 Å². The normalized spacial score (nSPS) is 10.2. The summed E-state index contributed by atoms with van der Waals surface area (Å²) in [6.07, 6.45) is 4.34. The van der Waals surface area contributed by atoms with Crippen LogP contribution in [0.1, 0.15) is 12.5 Å². The molecule has 0 radical (unpaired) electrons. The van der Waals surface area contributed by atoms with Crippen molar-refractivity contribution in [2.45, 2.75) is 6.92 Å². The molecule has 0 bridgehead atoms. The monoisotopic (exact) mass is 229 g/mol. The number of rotatable bonds is 3. The number of hydrogen-bond acceptors (Lipinski definition) is 4. The highest BCUT2D eigenvalue weighted by atomic mass is 16.1. The summed E-state index contributed by atoms with van der Waals surface area (Å²) in [7, 11) is 0. The predicted molar refractivity (Wildman–Crippen MR) is 65.1 cm³/mol. The van der Waals surface area contributed by atoms with Crippen LogP contribution in [-0.4, -0.2) is 27.2 Å². The SMILES string of the molecule is CC(=O)Nc1cn2cc(C(=N)C=N)ccc2n1. The van der Waals surface area contributed by atoms with E-state index >= 15 is 0 Å². The van der Waals surface area contributed by atoms with Crippen LogP contribution in [-0.2, 0) is 4.79 Å². The van der Waals surface area contributed by atoms with Crippen LogP contribution in [0, 0.1) is 10.8 Å². The topological polar surface area (TPSA) is 94.1 Å². The highest BCUT2D eigenvalue weighted by Crippen LogP contribution is 2.11. The van der Waals surface area contributed by atoms with Gasteiger partial charge in [-0.25, -0.2) is 4.98 Å². The van der Waals surface area contributed by atoms with Crippen molar-refractivity contribution in [1.82, 2.24) is 9.38 Å². The van der Waals surface area contributed by atoms with Gasteiger partial charge in [0.2, 0.25) is 5.91 Å². The zero-order chi connectivity index (χ0) is 12.4. The first-order valence-electron chi connectivity index (χ1n) is 4.96. The molecule has 0 atom stereocenters. The van der Waals surface area contributed by atoms with E-state index in [-0.39, 0.29) is 11.6 Å². The van der Waals surface area contributed by atoms with E-state index in [1.54, 1.807) is 28.9 Å². The standard InChI is InChI=1S/C11H11N5O/c1-7(17)14-10-6-16-5-8(9(13)4-12)2-3-11(16)15-10/h2-6,12-13H,1H3,(H,14,17). The number of fused-ring (bicyclic) bond motifs is 1. The summed E-state index contributed by atoms with van der Waals surface area (Å²) >= 11 is 0. The molecule has 2 heterocycles. The first kappa shape index (κ1) is 11.0. The van der Waals surface area contributed by atoms with E-state index in [0.29, 0.717) is 17.0 Å². The molecule has 0 spiro atoms. The van der Waals surface area contributed by atoms with Gasteiger partial charge in [-0.05, 0) is 12.1 Å². The van der Waals surface area contributed by atoms with E-state index in [1.807, 2.05) is 0 Å². The third-order valence-electron chi connectivity index (χ3n) is 2.21. The summed E-state index contributed by atoms with van der Waals surface area (Å²) in [6, 6.07) is 3.45. The average molecular weight is 229 g/mol. The molecule has 0 aromatic carbocycles. The Labute approximate surface area is 97.3 Å². The Morgan fingerprint density at radius 1 is 1.47 bits per heavy atom. The molecule has 0 saturated carbocycles. The maximum Gasteiger partial charge on any atom is 0.222 e. The maximum atomic E-state index is 10.9. The number of nitrogens with one attached hydrogen (secondary N) is 3. The Morgan fingerprint density at radius 3 is 2.88 bits per heavy atom. The molecular weight excluding hydrogens is 218 g/mol. The van der Waals surface area contributed by atoms with Gasteiger partial charge in [0.05, 0.1) is 11.9 Å². The minimum Gasteiger partial charge on any atom is -0.310 e. The Bertz CT molecular complexity index is 613. The molecule has 3 N–H and O–H groups in total. The van der Waals surface area contributed by atoms with Gasteiger partial charge >= 0.3 is 0 Å². The first-order valence-corrected chi connectivity index (χ1v) is 4.96. The Kier molecular flexibility index (Phi) is 2.70. The van der Waals surface area contributed by atoms with Crippen LogP contribution in [0.15, 0.2) is 24.5 Å². The lowest BCUT2D eigenvalue weighted by Crippen LogP contribution is -2.05. The minimum atomic E-state index is -0.180. The van der Waals surface area contributed by atoms with Crippen molar-refractivity contribution >= 4 is 29.3 Å². The molecule has 2 aromatic heterocycles. The average Bonchev–Trinajstić information content (AvgIpc) is 2.67. The summed E-state index contributed by atoms with van der Waals surface area (Å²) in [5.74, 6) is 0.289. The second kappa shape index (κ2) is 4.17. The van der Waals surface area contributed by atoms with Crippen LogP contribution in [0.25, 0.3) is 5.65 Å². The summed E-state index contributed by atoms with van der Waals surface area (Å²) in [4.78, 5) is 15.1. The van der Waals surface area contributed by atoms with E-state index in [1.165, 1.54) is 6.92 Å². The fraction of sp³-hybridized carbons (Fsp3) is 0.0909. The minimum absolute atomic E-state index is 0.127. The van der Waals surface area contributed by atoms with Gasteiger partial charge in [0.15, 0.2) is 5.82 Å². The third-order valence-corrected chi connectivity index (χ3v) is 2.21. The van der Waals surface area contributed by atoms with Crippen molar-refractivity contribution in [2.75, 3.05) is 5.32 Å². The van der Waals surface area contributed by atoms with Crippen LogP contribution in [0.5, 0.6) is 0 Å². The van der Waals surface area contributed by atoms with Gasteiger partial charge in [-0.2, -0.15) is 0 Å². The van der Waals surface area contributed by atoms with Gasteiger partial charge in [0.1, 0.15) is 5.65 Å². The van der Waals surface area contributed by atoms with Crippen molar-refractivity contribution in [3.8, 4) is 0 Å². The van der Waals surface area contributed by atoms with Gasteiger partial charge in [-0.1, -0.05) is 0 Å². The molecule has 6 nitrogen and oxygen atoms in total. The van der Waals surface area contributed by atoms with E-state index in [0.717, 1.165) is 6.21 Å². The number of pyridine rings is 1. The number of aromatic nitrogens is 2. The van der Waals surface area contributed by atoms with E-state index in [2.05, 4.69) is 10.3 Å². The molecule has 0 unspecified atom stereocenters. The van der Waals surface area contributed by atoms with Crippen LogP contribution in [0.3, 0.4) is 0 Å². The van der Waals surface area contributed by atoms with Gasteiger partial charge in [0.25, 0.3) is 0 Å². The smallest absolute Gasteiger partial charge is 0.222 e. The number of amides is 1. The molecule has 86 valence electrons. The molecule has 6 heteroatoms. The number of carbonyl (C=O) groups excluding carboxylic acids is 1. The molecule has 2 rings (SSSR count). The van der Waals surface area contributed by atoms with Gasteiger partial charge < -0.3 is 15.1 Å². The number of anilines is 1. The van der Waals surface area contributed by atoms with Crippen molar-refractivity contribution in [3.05, 3.63) is 30.1 Å².